The van der Waals surface area contributed by atoms with Gasteiger partial charge in [-0.25, -0.2) is 9.97 Å². The number of hydrogen-bond acceptors (Lipinski definition) is 4. The van der Waals surface area contributed by atoms with Crippen LogP contribution < -0.4 is 5.32 Å². The Morgan fingerprint density at radius 3 is 2.81 bits per heavy atom. The van der Waals surface area contributed by atoms with Gasteiger partial charge in [0.1, 0.15) is 5.69 Å². The number of para-hydroxylation sites is 1. The van der Waals surface area contributed by atoms with Crippen molar-refractivity contribution in [2.45, 2.75) is 6.54 Å². The fourth-order valence-corrected chi connectivity index (χ4v) is 2.86. The molecule has 26 heavy (non-hydrogen) atoms. The van der Waals surface area contributed by atoms with Gasteiger partial charge in [-0.05, 0) is 18.2 Å². The third kappa shape index (κ3) is 3.19. The van der Waals surface area contributed by atoms with Gasteiger partial charge in [-0.15, -0.1) is 0 Å². The van der Waals surface area contributed by atoms with Crippen LogP contribution in [0.15, 0.2) is 61.3 Å². The zero-order valence-electron chi connectivity index (χ0n) is 14.3. The molecule has 0 fully saturated rings. The van der Waals surface area contributed by atoms with Crippen LogP contribution in [0.4, 0.5) is 0 Å². The Balaban J connectivity index is 1.64. The first-order valence-electron chi connectivity index (χ1n) is 8.34. The van der Waals surface area contributed by atoms with Crippen LogP contribution in [0.5, 0.6) is 0 Å². The molecular weight excluding hydrogens is 328 g/mol. The third-order valence-corrected chi connectivity index (χ3v) is 4.15. The fourth-order valence-electron chi connectivity index (χ4n) is 2.86. The zero-order chi connectivity index (χ0) is 17.9. The Bertz CT molecular complexity index is 1050. The molecule has 7 heteroatoms. The number of fused-ring (bicyclic) bond motifs is 1. The summed E-state index contributed by atoms with van der Waals surface area (Å²) in [4.78, 5) is 21.4. The lowest BCUT2D eigenvalue weighted by Crippen LogP contribution is -2.27. The highest BCUT2D eigenvalue weighted by Crippen LogP contribution is 2.23. The summed E-state index contributed by atoms with van der Waals surface area (Å²) in [6.45, 7) is 1.19. The maximum atomic E-state index is 12.8. The van der Waals surface area contributed by atoms with E-state index in [4.69, 9.17) is 0 Å². The van der Waals surface area contributed by atoms with Crippen LogP contribution >= 0.6 is 0 Å². The van der Waals surface area contributed by atoms with E-state index in [9.17, 15) is 4.79 Å². The van der Waals surface area contributed by atoms with E-state index in [2.05, 4.69) is 20.4 Å². The number of carbonyl (C=O) groups excluding carboxylic acids is 1. The molecule has 0 aliphatic carbocycles. The van der Waals surface area contributed by atoms with Crippen molar-refractivity contribution in [1.82, 2.24) is 29.6 Å². The Morgan fingerprint density at radius 2 is 2.04 bits per heavy atom. The van der Waals surface area contributed by atoms with Gasteiger partial charge in [0.2, 0.25) is 0 Å². The molecule has 4 aromatic rings. The van der Waals surface area contributed by atoms with Gasteiger partial charge >= 0.3 is 0 Å². The highest BCUT2D eigenvalue weighted by atomic mass is 16.1. The molecular formula is C19H18N6O. The molecule has 4 rings (SSSR count). The number of pyridine rings is 1. The number of aromatic nitrogens is 5. The zero-order valence-corrected chi connectivity index (χ0v) is 14.3. The van der Waals surface area contributed by atoms with Crippen molar-refractivity contribution in [3.8, 4) is 11.4 Å². The summed E-state index contributed by atoms with van der Waals surface area (Å²) >= 11 is 0. The highest BCUT2D eigenvalue weighted by Gasteiger charge is 2.14. The lowest BCUT2D eigenvalue weighted by atomic mass is 10.1. The standard InChI is InChI=1S/C19H18N6O/c1-24-9-6-17(23-24)18-12-15(14-4-2-3-5-16(14)22-18)19(26)21-8-11-25-10-7-20-13-25/h2-7,9-10,12-13H,8,11H2,1H3,(H,21,26). The SMILES string of the molecule is Cn1ccc(-c2cc(C(=O)NCCn3ccnc3)c3ccccc3n2)n1. The summed E-state index contributed by atoms with van der Waals surface area (Å²) in [5, 5.41) is 8.19. The average Bonchev–Trinajstić information content (AvgIpc) is 3.32. The molecule has 0 unspecified atom stereocenters. The van der Waals surface area contributed by atoms with E-state index >= 15 is 0 Å². The number of carbonyl (C=O) groups is 1. The minimum atomic E-state index is -0.124. The van der Waals surface area contributed by atoms with Crippen LogP contribution in [0.2, 0.25) is 0 Å². The molecule has 0 atom stereocenters. The van der Waals surface area contributed by atoms with Crippen molar-refractivity contribution < 1.29 is 4.79 Å². The summed E-state index contributed by atoms with van der Waals surface area (Å²) < 4.78 is 3.64. The summed E-state index contributed by atoms with van der Waals surface area (Å²) in [6.07, 6.45) is 7.18. The maximum absolute atomic E-state index is 12.8. The van der Waals surface area contributed by atoms with Gasteiger partial charge in [-0.1, -0.05) is 18.2 Å². The van der Waals surface area contributed by atoms with Crippen LogP contribution in [0.1, 0.15) is 10.4 Å². The smallest absolute Gasteiger partial charge is 0.252 e. The molecule has 3 heterocycles. The second-order valence-corrected chi connectivity index (χ2v) is 6.00. The molecule has 1 amide bonds. The second kappa shape index (κ2) is 6.79. The molecule has 0 radical (unpaired) electrons. The van der Waals surface area contributed by atoms with Crippen molar-refractivity contribution in [3.63, 3.8) is 0 Å². The minimum absolute atomic E-state index is 0.124. The highest BCUT2D eigenvalue weighted by molar-refractivity contribution is 6.07. The monoisotopic (exact) mass is 346 g/mol. The number of rotatable bonds is 5. The predicted octanol–water partition coefficient (Wildman–Crippen LogP) is 2.26. The first kappa shape index (κ1) is 16.0. The normalized spacial score (nSPS) is 11.0. The quantitative estimate of drug-likeness (QED) is 0.601. The molecule has 1 N–H and O–H groups in total. The molecule has 0 saturated heterocycles. The van der Waals surface area contributed by atoms with E-state index in [-0.39, 0.29) is 5.91 Å². The molecule has 1 aromatic carbocycles. The predicted molar refractivity (Wildman–Crippen MR) is 98.5 cm³/mol. The van der Waals surface area contributed by atoms with Crippen LogP contribution in [0.25, 0.3) is 22.3 Å². The molecule has 3 aromatic heterocycles. The van der Waals surface area contributed by atoms with E-state index in [1.165, 1.54) is 0 Å². The van der Waals surface area contributed by atoms with Gasteiger partial charge < -0.3 is 9.88 Å². The lowest BCUT2D eigenvalue weighted by molar-refractivity contribution is 0.0954. The molecule has 0 bridgehead atoms. The molecule has 7 nitrogen and oxygen atoms in total. The van der Waals surface area contributed by atoms with Gasteiger partial charge in [-0.3, -0.25) is 9.48 Å². The molecule has 0 spiro atoms. The third-order valence-electron chi connectivity index (χ3n) is 4.15. The number of amides is 1. The van der Waals surface area contributed by atoms with Crippen LogP contribution in [0, 0.1) is 0 Å². The van der Waals surface area contributed by atoms with Gasteiger partial charge in [0.25, 0.3) is 5.91 Å². The Kier molecular flexibility index (Phi) is 4.18. The largest absolute Gasteiger partial charge is 0.350 e. The van der Waals surface area contributed by atoms with Crippen molar-refractivity contribution in [2.24, 2.45) is 7.05 Å². The summed E-state index contributed by atoms with van der Waals surface area (Å²) in [6, 6.07) is 11.3. The maximum Gasteiger partial charge on any atom is 0.252 e. The van der Waals surface area contributed by atoms with E-state index in [1.807, 2.05) is 54.3 Å². The number of benzene rings is 1. The van der Waals surface area contributed by atoms with Crippen molar-refractivity contribution in [1.29, 1.82) is 0 Å². The molecule has 0 aliphatic heterocycles. The molecule has 0 aliphatic rings. The van der Waals surface area contributed by atoms with Gasteiger partial charge in [0.05, 0.1) is 23.1 Å². The number of hydrogen-bond donors (Lipinski definition) is 1. The fraction of sp³-hybridized carbons (Fsp3) is 0.158. The minimum Gasteiger partial charge on any atom is -0.350 e. The number of imidazole rings is 1. The van der Waals surface area contributed by atoms with E-state index in [0.29, 0.717) is 24.3 Å². The summed E-state index contributed by atoms with van der Waals surface area (Å²) in [5.74, 6) is -0.124. The summed E-state index contributed by atoms with van der Waals surface area (Å²) in [5.41, 5.74) is 2.80. The van der Waals surface area contributed by atoms with Crippen LogP contribution in [-0.2, 0) is 13.6 Å². The first-order valence-corrected chi connectivity index (χ1v) is 8.34. The second-order valence-electron chi connectivity index (χ2n) is 6.00. The average molecular weight is 346 g/mol. The van der Waals surface area contributed by atoms with Crippen molar-refractivity contribution in [2.75, 3.05) is 6.54 Å². The Hall–Kier alpha value is -3.48. The Morgan fingerprint density at radius 1 is 1.15 bits per heavy atom. The van der Waals surface area contributed by atoms with Gasteiger partial charge in [-0.2, -0.15) is 5.10 Å². The first-order chi connectivity index (χ1) is 12.7. The van der Waals surface area contributed by atoms with Crippen LogP contribution in [-0.4, -0.2) is 36.8 Å². The number of nitrogens with zero attached hydrogens (tertiary/aromatic N) is 5. The van der Waals surface area contributed by atoms with Gasteiger partial charge in [0, 0.05) is 44.1 Å². The Labute approximate surface area is 150 Å². The number of nitrogens with one attached hydrogen (secondary N) is 1. The topological polar surface area (TPSA) is 77.6 Å². The van der Waals surface area contributed by atoms with Crippen molar-refractivity contribution in [3.05, 3.63) is 66.9 Å². The summed E-state index contributed by atoms with van der Waals surface area (Å²) in [7, 11) is 1.86. The van der Waals surface area contributed by atoms with Crippen LogP contribution in [0.3, 0.4) is 0 Å². The van der Waals surface area contributed by atoms with E-state index in [0.717, 1.165) is 16.6 Å². The van der Waals surface area contributed by atoms with E-state index in [1.54, 1.807) is 23.3 Å². The van der Waals surface area contributed by atoms with E-state index < -0.39 is 0 Å². The molecule has 130 valence electrons. The number of aryl methyl sites for hydroxylation is 1. The van der Waals surface area contributed by atoms with Crippen molar-refractivity contribution >= 4 is 16.8 Å². The van der Waals surface area contributed by atoms with Gasteiger partial charge in [0.15, 0.2) is 0 Å². The molecule has 0 saturated carbocycles. The lowest BCUT2D eigenvalue weighted by Gasteiger charge is -2.10.